The zero-order valence-corrected chi connectivity index (χ0v) is 9.08. The van der Waals surface area contributed by atoms with Gasteiger partial charge in [0.1, 0.15) is 5.75 Å². The van der Waals surface area contributed by atoms with Crippen LogP contribution in [0.15, 0.2) is 18.2 Å². The van der Waals surface area contributed by atoms with E-state index in [9.17, 15) is 9.59 Å². The van der Waals surface area contributed by atoms with Gasteiger partial charge < -0.3 is 10.1 Å². The van der Waals surface area contributed by atoms with Gasteiger partial charge in [-0.05, 0) is 18.6 Å². The van der Waals surface area contributed by atoms with E-state index in [2.05, 4.69) is 5.32 Å². The van der Waals surface area contributed by atoms with Crippen molar-refractivity contribution in [3.05, 3.63) is 23.8 Å². The first-order chi connectivity index (χ1) is 7.70. The van der Waals surface area contributed by atoms with Gasteiger partial charge in [0.2, 0.25) is 5.91 Å². The molecule has 1 aliphatic rings. The van der Waals surface area contributed by atoms with E-state index >= 15 is 0 Å². The third-order valence-corrected chi connectivity index (χ3v) is 2.52. The molecule has 1 amide bonds. The summed E-state index contributed by atoms with van der Waals surface area (Å²) in [6.07, 6.45) is 1.40. The van der Waals surface area contributed by atoms with Crippen LogP contribution in [-0.4, -0.2) is 11.9 Å². The zero-order chi connectivity index (χ0) is 11.5. The molecule has 1 heterocycles. The van der Waals surface area contributed by atoms with Crippen molar-refractivity contribution in [2.45, 2.75) is 26.2 Å². The fourth-order valence-corrected chi connectivity index (χ4v) is 1.68. The Labute approximate surface area is 93.6 Å². The Hall–Kier alpha value is -1.84. The van der Waals surface area contributed by atoms with Crippen molar-refractivity contribution in [2.24, 2.45) is 0 Å². The molecule has 0 aromatic heterocycles. The summed E-state index contributed by atoms with van der Waals surface area (Å²) in [5.74, 6) is 0.307. The molecule has 4 heteroatoms. The number of anilines is 1. The lowest BCUT2D eigenvalue weighted by Crippen LogP contribution is -2.20. The standard InChI is InChI=1S/C12H13NO3/c1-2-12(15)16-10-5-3-4-9-8(10)6-7-11(14)13-9/h3-5H,2,6-7H2,1H3,(H,13,14). The van der Waals surface area contributed by atoms with Crippen molar-refractivity contribution in [3.63, 3.8) is 0 Å². The molecule has 0 radical (unpaired) electrons. The molecule has 1 aromatic rings. The predicted octanol–water partition coefficient (Wildman–Crippen LogP) is 1.89. The molecule has 0 unspecified atom stereocenters. The maximum Gasteiger partial charge on any atom is 0.310 e. The van der Waals surface area contributed by atoms with Crippen molar-refractivity contribution in [1.82, 2.24) is 0 Å². The van der Waals surface area contributed by atoms with E-state index in [1.807, 2.05) is 6.07 Å². The average Bonchev–Trinajstić information content (AvgIpc) is 2.28. The van der Waals surface area contributed by atoms with Crippen molar-refractivity contribution in [2.75, 3.05) is 5.32 Å². The molecule has 84 valence electrons. The lowest BCUT2D eigenvalue weighted by Gasteiger charge is -2.19. The topological polar surface area (TPSA) is 55.4 Å². The van der Waals surface area contributed by atoms with Crippen LogP contribution in [-0.2, 0) is 16.0 Å². The summed E-state index contributed by atoms with van der Waals surface area (Å²) in [6, 6.07) is 5.34. The van der Waals surface area contributed by atoms with E-state index in [-0.39, 0.29) is 11.9 Å². The Morgan fingerprint density at radius 1 is 1.44 bits per heavy atom. The van der Waals surface area contributed by atoms with Gasteiger partial charge in [0.05, 0.1) is 0 Å². The van der Waals surface area contributed by atoms with E-state index in [0.717, 1.165) is 11.3 Å². The van der Waals surface area contributed by atoms with Crippen LogP contribution in [0.3, 0.4) is 0 Å². The van der Waals surface area contributed by atoms with Crippen LogP contribution in [0.5, 0.6) is 5.75 Å². The Morgan fingerprint density at radius 3 is 3.00 bits per heavy atom. The predicted molar refractivity (Wildman–Crippen MR) is 59.3 cm³/mol. The molecule has 4 nitrogen and oxygen atoms in total. The third-order valence-electron chi connectivity index (χ3n) is 2.52. The van der Waals surface area contributed by atoms with Gasteiger partial charge in [-0.2, -0.15) is 0 Å². The SMILES string of the molecule is CCC(=O)Oc1cccc2c1CCC(=O)N2. The summed E-state index contributed by atoms with van der Waals surface area (Å²) in [5.41, 5.74) is 1.65. The number of rotatable bonds is 2. The van der Waals surface area contributed by atoms with Crippen molar-refractivity contribution < 1.29 is 14.3 Å². The number of nitrogens with one attached hydrogen (secondary N) is 1. The minimum Gasteiger partial charge on any atom is -0.426 e. The van der Waals surface area contributed by atoms with Gasteiger partial charge in [-0.15, -0.1) is 0 Å². The number of carbonyl (C=O) groups excluding carboxylic acids is 2. The van der Waals surface area contributed by atoms with E-state index in [4.69, 9.17) is 4.74 Å². The van der Waals surface area contributed by atoms with Crippen LogP contribution in [0.1, 0.15) is 25.3 Å². The Balaban J connectivity index is 2.30. The fraction of sp³-hybridized carbons (Fsp3) is 0.333. The van der Waals surface area contributed by atoms with Crippen molar-refractivity contribution in [1.29, 1.82) is 0 Å². The Bertz CT molecular complexity index is 440. The van der Waals surface area contributed by atoms with Gasteiger partial charge in [0.15, 0.2) is 0 Å². The number of esters is 1. The minimum atomic E-state index is -0.259. The summed E-state index contributed by atoms with van der Waals surface area (Å²) in [7, 11) is 0. The molecular formula is C12H13NO3. The molecule has 1 aliphatic heterocycles. The highest BCUT2D eigenvalue weighted by molar-refractivity contribution is 5.94. The molecule has 0 aliphatic carbocycles. The van der Waals surface area contributed by atoms with Crippen LogP contribution in [0.2, 0.25) is 0 Å². The quantitative estimate of drug-likeness (QED) is 0.610. The maximum absolute atomic E-state index is 11.2. The number of hydrogen-bond acceptors (Lipinski definition) is 3. The monoisotopic (exact) mass is 219 g/mol. The van der Waals surface area contributed by atoms with Crippen LogP contribution in [0, 0.1) is 0 Å². The summed E-state index contributed by atoms with van der Waals surface area (Å²) in [6.45, 7) is 1.75. The van der Waals surface area contributed by atoms with Gasteiger partial charge >= 0.3 is 5.97 Å². The minimum absolute atomic E-state index is 0.00599. The molecular weight excluding hydrogens is 206 g/mol. The van der Waals surface area contributed by atoms with Crippen LogP contribution in [0.25, 0.3) is 0 Å². The first-order valence-electron chi connectivity index (χ1n) is 5.33. The number of hydrogen-bond donors (Lipinski definition) is 1. The van der Waals surface area contributed by atoms with E-state index in [0.29, 0.717) is 25.0 Å². The largest absolute Gasteiger partial charge is 0.426 e. The summed E-state index contributed by atoms with van der Waals surface area (Å²) < 4.78 is 5.21. The Kier molecular flexibility index (Phi) is 2.90. The number of fused-ring (bicyclic) bond motifs is 1. The summed E-state index contributed by atoms with van der Waals surface area (Å²) >= 11 is 0. The van der Waals surface area contributed by atoms with Gasteiger partial charge in [-0.3, -0.25) is 9.59 Å². The van der Waals surface area contributed by atoms with Crippen LogP contribution in [0.4, 0.5) is 5.69 Å². The fourth-order valence-electron chi connectivity index (χ4n) is 1.68. The number of benzene rings is 1. The van der Waals surface area contributed by atoms with Crippen LogP contribution < -0.4 is 10.1 Å². The molecule has 2 rings (SSSR count). The normalized spacial score (nSPS) is 13.9. The van der Waals surface area contributed by atoms with E-state index in [1.54, 1.807) is 19.1 Å². The third kappa shape index (κ3) is 2.05. The molecule has 0 saturated carbocycles. The summed E-state index contributed by atoms with van der Waals surface area (Å²) in [4.78, 5) is 22.4. The molecule has 1 N–H and O–H groups in total. The smallest absolute Gasteiger partial charge is 0.310 e. The number of carbonyl (C=O) groups is 2. The highest BCUT2D eigenvalue weighted by atomic mass is 16.5. The first kappa shape index (κ1) is 10.7. The maximum atomic E-state index is 11.2. The molecule has 0 fully saturated rings. The molecule has 0 bridgehead atoms. The lowest BCUT2D eigenvalue weighted by molar-refractivity contribution is -0.134. The second-order valence-corrected chi connectivity index (χ2v) is 3.66. The highest BCUT2D eigenvalue weighted by Crippen LogP contribution is 2.31. The van der Waals surface area contributed by atoms with Crippen LogP contribution >= 0.6 is 0 Å². The second kappa shape index (κ2) is 4.35. The second-order valence-electron chi connectivity index (χ2n) is 3.66. The van der Waals surface area contributed by atoms with Gasteiger partial charge in [-0.1, -0.05) is 13.0 Å². The highest BCUT2D eigenvalue weighted by Gasteiger charge is 2.19. The number of ether oxygens (including phenoxy) is 1. The van der Waals surface area contributed by atoms with E-state index < -0.39 is 0 Å². The lowest BCUT2D eigenvalue weighted by atomic mass is 10.0. The van der Waals surface area contributed by atoms with Gasteiger partial charge in [0, 0.05) is 24.1 Å². The molecule has 0 atom stereocenters. The molecule has 16 heavy (non-hydrogen) atoms. The van der Waals surface area contributed by atoms with E-state index in [1.165, 1.54) is 0 Å². The van der Waals surface area contributed by atoms with Gasteiger partial charge in [-0.25, -0.2) is 0 Å². The van der Waals surface area contributed by atoms with Gasteiger partial charge in [0.25, 0.3) is 0 Å². The molecule has 1 aromatic carbocycles. The first-order valence-corrected chi connectivity index (χ1v) is 5.33. The number of amides is 1. The zero-order valence-electron chi connectivity index (χ0n) is 9.08. The summed E-state index contributed by atoms with van der Waals surface area (Å²) in [5, 5.41) is 2.76. The van der Waals surface area contributed by atoms with Crippen molar-refractivity contribution in [3.8, 4) is 5.75 Å². The molecule has 0 spiro atoms. The van der Waals surface area contributed by atoms with Crippen molar-refractivity contribution >= 4 is 17.6 Å². The Morgan fingerprint density at radius 2 is 2.25 bits per heavy atom. The molecule has 0 saturated heterocycles. The average molecular weight is 219 g/mol.